The topological polar surface area (TPSA) is 36.4 Å². The third-order valence-corrected chi connectivity index (χ3v) is 3.70. The molecule has 1 amide bonds. The van der Waals surface area contributed by atoms with Crippen LogP contribution < -0.4 is 0 Å². The number of carbonyl (C=O) groups excluding carboxylic acids is 1. The molecule has 2 rings (SSSR count). The van der Waals surface area contributed by atoms with Crippen LogP contribution in [0.2, 0.25) is 5.15 Å². The van der Waals surface area contributed by atoms with E-state index >= 15 is 0 Å². The van der Waals surface area contributed by atoms with Gasteiger partial charge >= 0.3 is 0 Å². The molecule has 0 aliphatic carbocycles. The minimum absolute atomic E-state index is 0.0490. The first-order valence-electron chi connectivity index (χ1n) is 6.16. The summed E-state index contributed by atoms with van der Waals surface area (Å²) in [5.74, 6) is -0.0490. The fraction of sp³-hybridized carbons (Fsp3) is 0.538. The highest BCUT2D eigenvalue weighted by atomic mass is 35.5. The number of nitrogens with zero attached hydrogens (tertiary/aromatic N) is 3. The van der Waals surface area contributed by atoms with Crippen LogP contribution in [0.1, 0.15) is 23.3 Å². The van der Waals surface area contributed by atoms with Crippen molar-refractivity contribution in [2.24, 2.45) is 0 Å². The second-order valence-electron chi connectivity index (χ2n) is 4.80. The van der Waals surface area contributed by atoms with Crippen LogP contribution in [-0.4, -0.2) is 53.9 Å². The van der Waals surface area contributed by atoms with E-state index in [9.17, 15) is 4.79 Å². The highest BCUT2D eigenvalue weighted by Crippen LogP contribution is 2.16. The van der Waals surface area contributed by atoms with Crippen molar-refractivity contribution in [1.82, 2.24) is 14.8 Å². The van der Waals surface area contributed by atoms with Gasteiger partial charge in [-0.1, -0.05) is 17.7 Å². The van der Waals surface area contributed by atoms with Crippen LogP contribution >= 0.6 is 11.6 Å². The molecule has 1 aromatic rings. The van der Waals surface area contributed by atoms with Crippen molar-refractivity contribution >= 4 is 17.5 Å². The Bertz CT molecular complexity index is 430. The minimum Gasteiger partial charge on any atom is -0.337 e. The highest BCUT2D eigenvalue weighted by Gasteiger charge is 2.25. The lowest BCUT2D eigenvalue weighted by molar-refractivity contribution is 0.0654. The SMILES string of the molecule is CN1CCC(N(C)C(=O)c2cccc(Cl)n2)CC1. The Morgan fingerprint density at radius 1 is 1.44 bits per heavy atom. The zero-order chi connectivity index (χ0) is 13.1. The Morgan fingerprint density at radius 3 is 2.72 bits per heavy atom. The minimum atomic E-state index is -0.0490. The molecule has 0 saturated carbocycles. The predicted octanol–water partition coefficient (Wildman–Crippen LogP) is 1.90. The molecule has 18 heavy (non-hydrogen) atoms. The van der Waals surface area contributed by atoms with Gasteiger partial charge < -0.3 is 9.80 Å². The number of rotatable bonds is 2. The second-order valence-corrected chi connectivity index (χ2v) is 5.18. The van der Waals surface area contributed by atoms with Gasteiger partial charge in [0, 0.05) is 13.1 Å². The van der Waals surface area contributed by atoms with Crippen LogP contribution in [0.25, 0.3) is 0 Å². The quantitative estimate of drug-likeness (QED) is 0.768. The number of carbonyl (C=O) groups is 1. The number of halogens is 1. The molecule has 0 unspecified atom stereocenters. The molecule has 1 aliphatic rings. The summed E-state index contributed by atoms with van der Waals surface area (Å²) in [6.45, 7) is 2.07. The Kier molecular flexibility index (Phi) is 4.19. The third-order valence-electron chi connectivity index (χ3n) is 3.49. The third kappa shape index (κ3) is 3.00. The maximum Gasteiger partial charge on any atom is 0.272 e. The molecule has 0 spiro atoms. The van der Waals surface area contributed by atoms with Crippen LogP contribution in [0, 0.1) is 0 Å². The Labute approximate surface area is 113 Å². The van der Waals surface area contributed by atoms with Gasteiger partial charge in [0.05, 0.1) is 0 Å². The van der Waals surface area contributed by atoms with E-state index in [0.717, 1.165) is 25.9 Å². The van der Waals surface area contributed by atoms with Gasteiger partial charge in [-0.05, 0) is 45.1 Å². The Morgan fingerprint density at radius 2 is 2.11 bits per heavy atom. The summed E-state index contributed by atoms with van der Waals surface area (Å²) >= 11 is 5.81. The van der Waals surface area contributed by atoms with Crippen LogP contribution in [-0.2, 0) is 0 Å². The summed E-state index contributed by atoms with van der Waals surface area (Å²) in [5, 5.41) is 0.359. The number of piperidine rings is 1. The van der Waals surface area contributed by atoms with Crippen molar-refractivity contribution < 1.29 is 4.79 Å². The van der Waals surface area contributed by atoms with E-state index in [4.69, 9.17) is 11.6 Å². The van der Waals surface area contributed by atoms with Gasteiger partial charge in [0.25, 0.3) is 5.91 Å². The lowest BCUT2D eigenvalue weighted by atomic mass is 10.0. The number of hydrogen-bond donors (Lipinski definition) is 0. The summed E-state index contributed by atoms with van der Waals surface area (Å²) < 4.78 is 0. The van der Waals surface area contributed by atoms with Crippen molar-refractivity contribution in [3.63, 3.8) is 0 Å². The average molecular weight is 268 g/mol. The maximum atomic E-state index is 12.3. The van der Waals surface area contributed by atoms with E-state index in [1.54, 1.807) is 23.1 Å². The van der Waals surface area contributed by atoms with E-state index in [1.165, 1.54) is 0 Å². The number of aromatic nitrogens is 1. The zero-order valence-corrected chi connectivity index (χ0v) is 11.5. The first kappa shape index (κ1) is 13.3. The number of likely N-dealkylation sites (tertiary alicyclic amines) is 1. The van der Waals surface area contributed by atoms with E-state index in [1.807, 2.05) is 7.05 Å². The molecule has 4 nitrogen and oxygen atoms in total. The number of amides is 1. The predicted molar refractivity (Wildman–Crippen MR) is 71.9 cm³/mol. The number of pyridine rings is 1. The molecular weight excluding hydrogens is 250 g/mol. The van der Waals surface area contributed by atoms with E-state index in [0.29, 0.717) is 16.9 Å². The molecule has 2 heterocycles. The summed E-state index contributed by atoms with van der Waals surface area (Å²) in [5.41, 5.74) is 0.420. The summed E-state index contributed by atoms with van der Waals surface area (Å²) in [6.07, 6.45) is 2.03. The fourth-order valence-corrected chi connectivity index (χ4v) is 2.42. The van der Waals surface area contributed by atoms with Crippen molar-refractivity contribution in [3.05, 3.63) is 29.0 Å². The summed E-state index contributed by atoms with van der Waals surface area (Å²) in [4.78, 5) is 20.4. The highest BCUT2D eigenvalue weighted by molar-refractivity contribution is 6.29. The Balaban J connectivity index is 2.04. The van der Waals surface area contributed by atoms with Crippen LogP contribution in [0.3, 0.4) is 0 Å². The van der Waals surface area contributed by atoms with Gasteiger partial charge in [-0.2, -0.15) is 0 Å². The van der Waals surface area contributed by atoms with E-state index in [2.05, 4.69) is 16.9 Å². The van der Waals surface area contributed by atoms with Crippen LogP contribution in [0.15, 0.2) is 18.2 Å². The molecule has 1 aliphatic heterocycles. The zero-order valence-electron chi connectivity index (χ0n) is 10.8. The van der Waals surface area contributed by atoms with Crippen molar-refractivity contribution in [3.8, 4) is 0 Å². The maximum absolute atomic E-state index is 12.3. The molecule has 0 bridgehead atoms. The van der Waals surface area contributed by atoms with Crippen molar-refractivity contribution in [2.45, 2.75) is 18.9 Å². The summed E-state index contributed by atoms with van der Waals surface area (Å²) in [6, 6.07) is 5.44. The van der Waals surface area contributed by atoms with Crippen molar-refractivity contribution in [1.29, 1.82) is 0 Å². The second kappa shape index (κ2) is 5.67. The lowest BCUT2D eigenvalue weighted by Crippen LogP contribution is -2.44. The van der Waals surface area contributed by atoms with Gasteiger partial charge in [-0.15, -0.1) is 0 Å². The van der Waals surface area contributed by atoms with Crippen LogP contribution in [0.5, 0.6) is 0 Å². The van der Waals surface area contributed by atoms with Gasteiger partial charge in [0.1, 0.15) is 10.8 Å². The van der Waals surface area contributed by atoms with Gasteiger partial charge in [0.2, 0.25) is 0 Å². The molecular formula is C13H18ClN3O. The normalized spacial score (nSPS) is 17.7. The van der Waals surface area contributed by atoms with Gasteiger partial charge in [-0.25, -0.2) is 4.98 Å². The first-order valence-corrected chi connectivity index (χ1v) is 6.54. The average Bonchev–Trinajstić information content (AvgIpc) is 2.38. The molecule has 0 radical (unpaired) electrons. The first-order chi connectivity index (χ1) is 8.58. The molecule has 98 valence electrons. The van der Waals surface area contributed by atoms with Crippen LogP contribution in [0.4, 0.5) is 0 Å². The lowest BCUT2D eigenvalue weighted by Gasteiger charge is -2.34. The molecule has 1 aromatic heterocycles. The molecule has 0 aromatic carbocycles. The van der Waals surface area contributed by atoms with E-state index < -0.39 is 0 Å². The smallest absolute Gasteiger partial charge is 0.272 e. The molecule has 5 heteroatoms. The Hall–Kier alpha value is -1.13. The fourth-order valence-electron chi connectivity index (χ4n) is 2.26. The van der Waals surface area contributed by atoms with E-state index in [-0.39, 0.29) is 5.91 Å². The van der Waals surface area contributed by atoms with Gasteiger partial charge in [0.15, 0.2) is 0 Å². The molecule has 1 saturated heterocycles. The summed E-state index contributed by atoms with van der Waals surface area (Å²) in [7, 11) is 3.96. The molecule has 1 fully saturated rings. The monoisotopic (exact) mass is 267 g/mol. The largest absolute Gasteiger partial charge is 0.337 e. The van der Waals surface area contributed by atoms with Gasteiger partial charge in [-0.3, -0.25) is 4.79 Å². The van der Waals surface area contributed by atoms with Crippen molar-refractivity contribution in [2.75, 3.05) is 27.2 Å². The standard InChI is InChI=1S/C13H18ClN3O/c1-16-8-6-10(7-9-16)17(2)13(18)11-4-3-5-12(14)15-11/h3-5,10H,6-9H2,1-2H3. The molecule has 0 atom stereocenters. The molecule has 0 N–H and O–H groups in total. The number of hydrogen-bond acceptors (Lipinski definition) is 3.